The molecule has 1 saturated carbocycles. The van der Waals surface area contributed by atoms with Gasteiger partial charge >= 0.3 is 6.18 Å². The largest absolute Gasteiger partial charge is 0.477 e. The standard InChI is InChI=1S/C19H22F3N7O/c1-18(2)4-3-14(18)28-15-12(7-23)9-25-17(29-15)26-10-13-8-24-11-27-16(13)30-6-5-19(20,21)22/h8-9,11,14H,3-6,10H2,1-2H3,(H2,25,26,28,29). The molecule has 2 aromatic heterocycles. The molecule has 2 N–H and O–H groups in total. The van der Waals surface area contributed by atoms with Gasteiger partial charge in [-0.15, -0.1) is 0 Å². The van der Waals surface area contributed by atoms with Gasteiger partial charge in [-0.05, 0) is 18.3 Å². The number of hydrogen-bond donors (Lipinski definition) is 2. The molecule has 1 fully saturated rings. The van der Waals surface area contributed by atoms with E-state index in [9.17, 15) is 18.4 Å². The van der Waals surface area contributed by atoms with Crippen molar-refractivity contribution in [1.29, 1.82) is 5.26 Å². The lowest BCUT2D eigenvalue weighted by atomic mass is 9.67. The van der Waals surface area contributed by atoms with Crippen molar-refractivity contribution in [2.75, 3.05) is 17.2 Å². The van der Waals surface area contributed by atoms with Crippen LogP contribution in [0.3, 0.4) is 0 Å². The van der Waals surface area contributed by atoms with Gasteiger partial charge in [0.05, 0.1) is 24.8 Å². The third-order valence-electron chi connectivity index (χ3n) is 5.05. The van der Waals surface area contributed by atoms with E-state index in [-0.39, 0.29) is 29.8 Å². The van der Waals surface area contributed by atoms with Crippen molar-refractivity contribution >= 4 is 11.8 Å². The number of ether oxygens (including phenoxy) is 1. The molecule has 8 nitrogen and oxygen atoms in total. The van der Waals surface area contributed by atoms with E-state index in [4.69, 9.17) is 4.74 Å². The van der Waals surface area contributed by atoms with Crippen LogP contribution in [0.5, 0.6) is 5.88 Å². The van der Waals surface area contributed by atoms with E-state index in [1.165, 1.54) is 18.7 Å². The van der Waals surface area contributed by atoms with Gasteiger partial charge in [-0.1, -0.05) is 13.8 Å². The molecule has 0 aromatic carbocycles. The number of nitrogens with one attached hydrogen (secondary N) is 2. The van der Waals surface area contributed by atoms with Crippen LogP contribution < -0.4 is 15.4 Å². The molecule has 160 valence electrons. The summed E-state index contributed by atoms with van der Waals surface area (Å²) in [5, 5.41) is 15.6. The minimum atomic E-state index is -4.31. The highest BCUT2D eigenvalue weighted by atomic mass is 19.4. The molecule has 2 aromatic rings. The Balaban J connectivity index is 1.66. The Morgan fingerprint density at radius 3 is 2.73 bits per heavy atom. The number of aromatic nitrogens is 4. The van der Waals surface area contributed by atoms with Crippen molar-refractivity contribution in [3.8, 4) is 11.9 Å². The Bertz CT molecular complexity index is 927. The number of hydrogen-bond acceptors (Lipinski definition) is 8. The fourth-order valence-corrected chi connectivity index (χ4v) is 2.99. The molecule has 0 radical (unpaired) electrons. The van der Waals surface area contributed by atoms with Crippen LogP contribution in [-0.2, 0) is 6.54 Å². The first-order valence-corrected chi connectivity index (χ1v) is 9.44. The summed E-state index contributed by atoms with van der Waals surface area (Å²) in [5.74, 6) is 0.766. The minimum absolute atomic E-state index is 0.0601. The van der Waals surface area contributed by atoms with Gasteiger partial charge in [0.1, 0.15) is 23.8 Å². The highest BCUT2D eigenvalue weighted by molar-refractivity contribution is 5.54. The molecule has 1 aliphatic rings. The Morgan fingerprint density at radius 2 is 2.10 bits per heavy atom. The van der Waals surface area contributed by atoms with Crippen LogP contribution in [0.1, 0.15) is 44.2 Å². The van der Waals surface area contributed by atoms with Gasteiger partial charge in [0.15, 0.2) is 0 Å². The van der Waals surface area contributed by atoms with Gasteiger partial charge < -0.3 is 15.4 Å². The average Bonchev–Trinajstić information content (AvgIpc) is 2.69. The van der Waals surface area contributed by atoms with Crippen molar-refractivity contribution in [3.63, 3.8) is 0 Å². The quantitative estimate of drug-likeness (QED) is 0.664. The molecule has 11 heteroatoms. The van der Waals surface area contributed by atoms with Crippen molar-refractivity contribution in [1.82, 2.24) is 19.9 Å². The van der Waals surface area contributed by atoms with Gasteiger partial charge in [-0.3, -0.25) is 0 Å². The monoisotopic (exact) mass is 421 g/mol. The second-order valence-corrected chi connectivity index (χ2v) is 7.71. The molecule has 0 bridgehead atoms. The number of anilines is 2. The highest BCUT2D eigenvalue weighted by Crippen LogP contribution is 2.41. The van der Waals surface area contributed by atoms with Crippen molar-refractivity contribution in [2.45, 2.75) is 51.9 Å². The lowest BCUT2D eigenvalue weighted by Crippen LogP contribution is -2.45. The van der Waals surface area contributed by atoms with Crippen molar-refractivity contribution in [3.05, 3.63) is 29.8 Å². The topological polar surface area (TPSA) is 109 Å². The maximum atomic E-state index is 12.3. The first kappa shape index (κ1) is 21.5. The van der Waals surface area contributed by atoms with E-state index in [0.717, 1.165) is 12.8 Å². The van der Waals surface area contributed by atoms with Gasteiger partial charge in [0.25, 0.3) is 0 Å². The zero-order valence-corrected chi connectivity index (χ0v) is 16.6. The van der Waals surface area contributed by atoms with E-state index >= 15 is 0 Å². The third kappa shape index (κ3) is 5.46. The Morgan fingerprint density at radius 1 is 1.30 bits per heavy atom. The van der Waals surface area contributed by atoms with E-state index in [0.29, 0.717) is 16.9 Å². The molecule has 3 rings (SSSR count). The Hall–Kier alpha value is -3.16. The average molecular weight is 421 g/mol. The molecule has 0 spiro atoms. The molecular formula is C19H22F3N7O. The van der Waals surface area contributed by atoms with Crippen LogP contribution in [0, 0.1) is 16.7 Å². The molecule has 30 heavy (non-hydrogen) atoms. The maximum absolute atomic E-state index is 12.3. The fraction of sp³-hybridized carbons (Fsp3) is 0.526. The summed E-state index contributed by atoms with van der Waals surface area (Å²) in [5.41, 5.74) is 0.916. The Kier molecular flexibility index (Phi) is 6.24. The van der Waals surface area contributed by atoms with Crippen LogP contribution in [0.2, 0.25) is 0 Å². The molecule has 0 aliphatic heterocycles. The highest BCUT2D eigenvalue weighted by Gasteiger charge is 2.38. The number of nitrogens with zero attached hydrogens (tertiary/aromatic N) is 5. The summed E-state index contributed by atoms with van der Waals surface area (Å²) in [6.45, 7) is 3.90. The van der Waals surface area contributed by atoms with E-state index < -0.39 is 19.2 Å². The summed E-state index contributed by atoms with van der Waals surface area (Å²) in [7, 11) is 0. The molecule has 0 saturated heterocycles. The number of nitriles is 1. The summed E-state index contributed by atoms with van der Waals surface area (Å²) >= 11 is 0. The molecule has 1 atom stereocenters. The molecular weight excluding hydrogens is 399 g/mol. The van der Waals surface area contributed by atoms with Crippen LogP contribution in [-0.4, -0.2) is 38.8 Å². The lowest BCUT2D eigenvalue weighted by molar-refractivity contribution is -0.139. The number of rotatable bonds is 8. The summed E-state index contributed by atoms with van der Waals surface area (Å²) in [6, 6.07) is 2.29. The third-order valence-corrected chi connectivity index (χ3v) is 5.05. The smallest absolute Gasteiger partial charge is 0.392 e. The van der Waals surface area contributed by atoms with Crippen molar-refractivity contribution in [2.24, 2.45) is 5.41 Å². The van der Waals surface area contributed by atoms with Crippen LogP contribution in [0.4, 0.5) is 24.9 Å². The van der Waals surface area contributed by atoms with Crippen LogP contribution in [0.25, 0.3) is 0 Å². The van der Waals surface area contributed by atoms with Crippen molar-refractivity contribution < 1.29 is 17.9 Å². The summed E-state index contributed by atoms with van der Waals surface area (Å²) < 4.78 is 42.1. The van der Waals surface area contributed by atoms with Gasteiger partial charge in [0, 0.05) is 18.8 Å². The summed E-state index contributed by atoms with van der Waals surface area (Å²) in [4.78, 5) is 16.3. The van der Waals surface area contributed by atoms with E-state index in [1.54, 1.807) is 0 Å². The fourth-order valence-electron chi connectivity index (χ4n) is 2.99. The normalized spacial score (nSPS) is 17.5. The molecule has 2 heterocycles. The summed E-state index contributed by atoms with van der Waals surface area (Å²) in [6.07, 6.45) is 0.773. The molecule has 1 aliphatic carbocycles. The van der Waals surface area contributed by atoms with Crippen LogP contribution >= 0.6 is 0 Å². The maximum Gasteiger partial charge on any atom is 0.392 e. The first-order valence-electron chi connectivity index (χ1n) is 9.44. The number of halogens is 3. The predicted octanol–water partition coefficient (Wildman–Crippen LogP) is 3.68. The second kappa shape index (κ2) is 8.69. The van der Waals surface area contributed by atoms with E-state index in [2.05, 4.69) is 50.5 Å². The minimum Gasteiger partial charge on any atom is -0.477 e. The Labute approximate surface area is 171 Å². The SMILES string of the molecule is CC1(C)CCC1Nc1nc(NCc2cncnc2OCCC(F)(F)F)ncc1C#N. The first-order chi connectivity index (χ1) is 14.2. The van der Waals surface area contributed by atoms with Crippen LogP contribution in [0.15, 0.2) is 18.7 Å². The van der Waals surface area contributed by atoms with Gasteiger partial charge in [0.2, 0.25) is 11.8 Å². The molecule has 0 amide bonds. The predicted molar refractivity (Wildman–Crippen MR) is 103 cm³/mol. The second-order valence-electron chi connectivity index (χ2n) is 7.71. The number of alkyl halides is 3. The van der Waals surface area contributed by atoms with E-state index in [1.807, 2.05) is 0 Å². The lowest BCUT2D eigenvalue weighted by Gasteiger charge is -2.45. The van der Waals surface area contributed by atoms with Gasteiger partial charge in [-0.2, -0.15) is 23.4 Å². The molecule has 1 unspecified atom stereocenters. The van der Waals surface area contributed by atoms with Gasteiger partial charge in [-0.25, -0.2) is 15.0 Å². The zero-order chi connectivity index (χ0) is 21.8. The zero-order valence-electron chi connectivity index (χ0n) is 16.6.